The molecule has 2 heterocycles. The molecule has 30 heavy (non-hydrogen) atoms. The number of carbonyl (C=O) groups excluding carboxylic acids is 1. The molecule has 0 fully saturated rings. The Morgan fingerprint density at radius 3 is 2.50 bits per heavy atom. The standard InChI is InChI=1S/C22H26N2O6/c1-5-9-17-23-19(22(3,4)27)18(24(17)12-15-10-7-6-8-11-15)20(25)28-13-16-14(2)29-21(26)30-16/h6-8,10-11,27H,5,9,12-13H2,1-4H3. The molecule has 0 amide bonds. The average Bonchev–Trinajstić information content (AvgIpc) is 3.20. The first-order chi connectivity index (χ1) is 14.2. The largest absolute Gasteiger partial charge is 0.519 e. The molecule has 0 atom stereocenters. The molecular formula is C22H26N2O6. The molecule has 1 N–H and O–H groups in total. The van der Waals surface area contributed by atoms with Crippen LogP contribution in [-0.4, -0.2) is 20.6 Å². The van der Waals surface area contributed by atoms with E-state index in [0.717, 1.165) is 12.0 Å². The van der Waals surface area contributed by atoms with Gasteiger partial charge in [-0.2, -0.15) is 0 Å². The maximum Gasteiger partial charge on any atom is 0.519 e. The number of imidazole rings is 1. The number of hydrogen-bond donors (Lipinski definition) is 1. The Kier molecular flexibility index (Phi) is 6.26. The number of esters is 1. The van der Waals surface area contributed by atoms with E-state index in [1.165, 1.54) is 0 Å². The summed E-state index contributed by atoms with van der Waals surface area (Å²) in [4.78, 5) is 28.9. The van der Waals surface area contributed by atoms with Crippen LogP contribution in [-0.2, 0) is 29.9 Å². The van der Waals surface area contributed by atoms with Gasteiger partial charge in [0.15, 0.2) is 23.8 Å². The Balaban J connectivity index is 2.01. The number of rotatable bonds is 8. The van der Waals surface area contributed by atoms with Gasteiger partial charge in [0.2, 0.25) is 0 Å². The van der Waals surface area contributed by atoms with E-state index < -0.39 is 17.4 Å². The third kappa shape index (κ3) is 4.71. The minimum absolute atomic E-state index is 0.140. The number of nitrogens with zero attached hydrogens (tertiary/aromatic N) is 2. The van der Waals surface area contributed by atoms with Crippen molar-refractivity contribution in [3.05, 3.63) is 75.2 Å². The molecule has 0 aliphatic carbocycles. The first kappa shape index (κ1) is 21.6. The van der Waals surface area contributed by atoms with E-state index >= 15 is 0 Å². The number of aryl methyl sites for hydroxylation is 2. The molecule has 0 radical (unpaired) electrons. The summed E-state index contributed by atoms with van der Waals surface area (Å²) >= 11 is 0. The van der Waals surface area contributed by atoms with Crippen LogP contribution in [0.5, 0.6) is 0 Å². The Morgan fingerprint density at radius 2 is 1.93 bits per heavy atom. The van der Waals surface area contributed by atoms with Gasteiger partial charge in [-0.05, 0) is 32.8 Å². The number of aromatic nitrogens is 2. The molecule has 0 bridgehead atoms. The van der Waals surface area contributed by atoms with Crippen molar-refractivity contribution in [2.75, 3.05) is 0 Å². The van der Waals surface area contributed by atoms with Crippen LogP contribution in [0.3, 0.4) is 0 Å². The zero-order valence-electron chi connectivity index (χ0n) is 17.6. The van der Waals surface area contributed by atoms with Gasteiger partial charge in [0, 0.05) is 13.0 Å². The maximum atomic E-state index is 13.1. The monoisotopic (exact) mass is 414 g/mol. The van der Waals surface area contributed by atoms with Crippen molar-refractivity contribution in [3.8, 4) is 0 Å². The molecule has 3 rings (SSSR count). The third-order valence-corrected chi connectivity index (χ3v) is 4.65. The molecule has 160 valence electrons. The summed E-state index contributed by atoms with van der Waals surface area (Å²) in [6, 6.07) is 9.67. The van der Waals surface area contributed by atoms with Gasteiger partial charge in [0.1, 0.15) is 17.1 Å². The number of ether oxygens (including phenoxy) is 1. The Morgan fingerprint density at radius 1 is 1.23 bits per heavy atom. The molecule has 0 aliphatic heterocycles. The van der Waals surface area contributed by atoms with E-state index in [0.29, 0.717) is 18.8 Å². The number of carbonyl (C=O) groups is 1. The van der Waals surface area contributed by atoms with Crippen LogP contribution in [0.1, 0.15) is 66.3 Å². The normalized spacial score (nSPS) is 11.6. The van der Waals surface area contributed by atoms with Crippen molar-refractivity contribution < 1.29 is 23.5 Å². The predicted octanol–water partition coefficient (Wildman–Crippen LogP) is 3.32. The van der Waals surface area contributed by atoms with Gasteiger partial charge in [0.25, 0.3) is 0 Å². The Labute approximate surface area is 174 Å². The van der Waals surface area contributed by atoms with Gasteiger partial charge in [-0.15, -0.1) is 0 Å². The van der Waals surface area contributed by atoms with E-state index in [2.05, 4.69) is 4.98 Å². The Hall–Kier alpha value is -3.13. The predicted molar refractivity (Wildman–Crippen MR) is 108 cm³/mol. The van der Waals surface area contributed by atoms with Gasteiger partial charge in [-0.3, -0.25) is 0 Å². The van der Waals surface area contributed by atoms with Gasteiger partial charge >= 0.3 is 11.8 Å². The lowest BCUT2D eigenvalue weighted by molar-refractivity contribution is 0.0395. The smallest absolute Gasteiger partial charge is 0.453 e. The first-order valence-electron chi connectivity index (χ1n) is 9.83. The van der Waals surface area contributed by atoms with Crippen molar-refractivity contribution in [2.45, 2.75) is 59.3 Å². The molecule has 0 unspecified atom stereocenters. The van der Waals surface area contributed by atoms with Crippen LogP contribution in [0.4, 0.5) is 0 Å². The lowest BCUT2D eigenvalue weighted by Crippen LogP contribution is -2.23. The summed E-state index contributed by atoms with van der Waals surface area (Å²) in [5.41, 5.74) is 0.0625. The SMILES string of the molecule is CCCc1nc(C(C)(C)O)c(C(=O)OCc2oc(=O)oc2C)n1Cc1ccccc1. The summed E-state index contributed by atoms with van der Waals surface area (Å²) in [6.45, 7) is 6.87. The van der Waals surface area contributed by atoms with Gasteiger partial charge in [-0.25, -0.2) is 14.6 Å². The van der Waals surface area contributed by atoms with Crippen molar-refractivity contribution in [3.63, 3.8) is 0 Å². The lowest BCUT2D eigenvalue weighted by atomic mass is 10.0. The maximum absolute atomic E-state index is 13.1. The molecule has 0 aliphatic rings. The molecule has 1 aromatic carbocycles. The van der Waals surface area contributed by atoms with E-state index in [-0.39, 0.29) is 29.5 Å². The van der Waals surface area contributed by atoms with E-state index in [1.807, 2.05) is 37.3 Å². The number of aliphatic hydroxyl groups is 1. The number of hydrogen-bond acceptors (Lipinski definition) is 7. The Bertz CT molecular complexity index is 1070. The van der Waals surface area contributed by atoms with Crippen molar-refractivity contribution in [1.82, 2.24) is 9.55 Å². The highest BCUT2D eigenvalue weighted by Gasteiger charge is 2.32. The summed E-state index contributed by atoms with van der Waals surface area (Å²) in [5, 5.41) is 10.7. The molecule has 0 saturated heterocycles. The fourth-order valence-electron chi connectivity index (χ4n) is 3.19. The minimum Gasteiger partial charge on any atom is -0.453 e. The fraction of sp³-hybridized carbons (Fsp3) is 0.409. The summed E-state index contributed by atoms with van der Waals surface area (Å²) in [5.74, 6) is -0.436. The first-order valence-corrected chi connectivity index (χ1v) is 9.83. The highest BCUT2D eigenvalue weighted by atomic mass is 16.6. The summed E-state index contributed by atoms with van der Waals surface area (Å²) < 4.78 is 16.9. The van der Waals surface area contributed by atoms with Crippen LogP contribution in [0, 0.1) is 6.92 Å². The van der Waals surface area contributed by atoms with E-state index in [9.17, 15) is 14.7 Å². The van der Waals surface area contributed by atoms with Crippen LogP contribution >= 0.6 is 0 Å². The second-order valence-electron chi connectivity index (χ2n) is 7.62. The van der Waals surface area contributed by atoms with E-state index in [1.54, 1.807) is 25.3 Å². The molecule has 0 spiro atoms. The molecule has 3 aromatic rings. The highest BCUT2D eigenvalue weighted by molar-refractivity contribution is 5.89. The molecule has 8 nitrogen and oxygen atoms in total. The number of benzene rings is 1. The minimum atomic E-state index is -1.35. The second kappa shape index (κ2) is 8.71. The topological polar surface area (TPSA) is 108 Å². The average molecular weight is 414 g/mol. The third-order valence-electron chi connectivity index (χ3n) is 4.65. The molecular weight excluding hydrogens is 388 g/mol. The zero-order chi connectivity index (χ0) is 21.9. The molecule has 2 aromatic heterocycles. The highest BCUT2D eigenvalue weighted by Crippen LogP contribution is 2.27. The van der Waals surface area contributed by atoms with Crippen LogP contribution in [0.2, 0.25) is 0 Å². The van der Waals surface area contributed by atoms with E-state index in [4.69, 9.17) is 13.6 Å². The summed E-state index contributed by atoms with van der Waals surface area (Å²) in [7, 11) is 0. The lowest BCUT2D eigenvalue weighted by Gasteiger charge is -2.17. The van der Waals surface area contributed by atoms with Crippen molar-refractivity contribution in [1.29, 1.82) is 0 Å². The summed E-state index contributed by atoms with van der Waals surface area (Å²) in [6.07, 6.45) is 1.46. The van der Waals surface area contributed by atoms with Crippen LogP contribution in [0.15, 0.2) is 44.0 Å². The fourth-order valence-corrected chi connectivity index (χ4v) is 3.19. The van der Waals surface area contributed by atoms with Gasteiger partial charge < -0.3 is 23.2 Å². The van der Waals surface area contributed by atoms with Crippen LogP contribution < -0.4 is 5.82 Å². The second-order valence-corrected chi connectivity index (χ2v) is 7.62. The van der Waals surface area contributed by atoms with Gasteiger partial charge in [-0.1, -0.05) is 37.3 Å². The molecule has 8 heteroatoms. The zero-order valence-corrected chi connectivity index (χ0v) is 17.6. The van der Waals surface area contributed by atoms with Crippen molar-refractivity contribution in [2.24, 2.45) is 0 Å². The quantitative estimate of drug-likeness (QED) is 0.563. The van der Waals surface area contributed by atoms with Crippen molar-refractivity contribution >= 4 is 5.97 Å². The molecule has 0 saturated carbocycles. The van der Waals surface area contributed by atoms with Crippen LogP contribution in [0.25, 0.3) is 0 Å². The van der Waals surface area contributed by atoms with Gasteiger partial charge in [0.05, 0.1) is 0 Å².